The number of hydrogen-bond donors (Lipinski definition) is 1. The first-order chi connectivity index (χ1) is 10.8. The summed E-state index contributed by atoms with van der Waals surface area (Å²) in [6, 6.07) is 0. The van der Waals surface area contributed by atoms with Crippen LogP contribution < -0.4 is 0 Å². The van der Waals surface area contributed by atoms with Gasteiger partial charge < -0.3 is 5.11 Å². The van der Waals surface area contributed by atoms with E-state index in [-0.39, 0.29) is 34.6 Å². The van der Waals surface area contributed by atoms with Crippen LogP contribution in [0.3, 0.4) is 0 Å². The topological polar surface area (TPSA) is 37.3 Å². The van der Waals surface area contributed by atoms with Gasteiger partial charge in [-0.15, -0.1) is 0 Å². The van der Waals surface area contributed by atoms with Gasteiger partial charge in [0.25, 0.3) is 0 Å². The second-order valence-corrected chi connectivity index (χ2v) is 8.84. The van der Waals surface area contributed by atoms with Crippen molar-refractivity contribution in [2.45, 2.75) is 65.2 Å². The molecular formula is C20H27FO2. The lowest BCUT2D eigenvalue weighted by molar-refractivity contribution is -0.116. The highest BCUT2D eigenvalue weighted by Crippen LogP contribution is 2.64. The van der Waals surface area contributed by atoms with Crippen LogP contribution in [0.15, 0.2) is 23.3 Å². The van der Waals surface area contributed by atoms with Gasteiger partial charge in [-0.1, -0.05) is 32.4 Å². The van der Waals surface area contributed by atoms with E-state index in [4.69, 9.17) is 0 Å². The number of fused-ring (bicyclic) bond motifs is 5. The molecule has 23 heavy (non-hydrogen) atoms. The summed E-state index contributed by atoms with van der Waals surface area (Å²) in [6.07, 6.45) is 6.19. The molecular weight excluding hydrogens is 291 g/mol. The zero-order chi connectivity index (χ0) is 16.6. The average Bonchev–Trinajstić information content (AvgIpc) is 2.73. The van der Waals surface area contributed by atoms with Crippen LogP contribution >= 0.6 is 0 Å². The van der Waals surface area contributed by atoms with E-state index in [1.54, 1.807) is 6.08 Å². The monoisotopic (exact) mass is 318 g/mol. The van der Waals surface area contributed by atoms with Crippen LogP contribution in [0, 0.1) is 28.6 Å². The summed E-state index contributed by atoms with van der Waals surface area (Å²) in [7, 11) is 0. The van der Waals surface area contributed by atoms with Gasteiger partial charge >= 0.3 is 0 Å². The quantitative estimate of drug-likeness (QED) is 0.686. The molecule has 0 saturated heterocycles. The zero-order valence-corrected chi connectivity index (χ0v) is 14.3. The Morgan fingerprint density at radius 1 is 1.26 bits per heavy atom. The van der Waals surface area contributed by atoms with E-state index in [0.717, 1.165) is 19.3 Å². The lowest BCUT2D eigenvalue weighted by Gasteiger charge is -2.53. The minimum absolute atomic E-state index is 0.0738. The maximum absolute atomic E-state index is 15.0. The third-order valence-electron chi connectivity index (χ3n) is 7.59. The average molecular weight is 318 g/mol. The summed E-state index contributed by atoms with van der Waals surface area (Å²) in [5.74, 6) is 0.943. The summed E-state index contributed by atoms with van der Waals surface area (Å²) in [5, 5.41) is 10.7. The number of rotatable bonds is 0. The van der Waals surface area contributed by atoms with Gasteiger partial charge in [0.15, 0.2) is 5.78 Å². The number of alkyl halides is 1. The summed E-state index contributed by atoms with van der Waals surface area (Å²) in [4.78, 5) is 11.8. The number of carbonyl (C=O) groups is 1. The van der Waals surface area contributed by atoms with E-state index in [1.807, 2.05) is 0 Å². The van der Waals surface area contributed by atoms with Crippen LogP contribution in [-0.4, -0.2) is 23.2 Å². The van der Waals surface area contributed by atoms with E-state index in [9.17, 15) is 14.3 Å². The minimum Gasteiger partial charge on any atom is -0.392 e. The maximum Gasteiger partial charge on any atom is 0.155 e. The molecule has 0 bridgehead atoms. The van der Waals surface area contributed by atoms with Crippen molar-refractivity contribution in [2.24, 2.45) is 28.6 Å². The summed E-state index contributed by atoms with van der Waals surface area (Å²) in [5.41, 5.74) is 1.67. The number of aliphatic hydroxyl groups is 1. The van der Waals surface area contributed by atoms with Crippen LogP contribution in [0.2, 0.25) is 0 Å². The van der Waals surface area contributed by atoms with Crippen LogP contribution in [0.1, 0.15) is 52.9 Å². The second kappa shape index (κ2) is 4.78. The number of carbonyl (C=O) groups excluding carboxylic acids is 1. The predicted octanol–water partition coefficient (Wildman–Crippen LogP) is 3.99. The van der Waals surface area contributed by atoms with Crippen molar-refractivity contribution in [1.82, 2.24) is 0 Å². The fourth-order valence-electron chi connectivity index (χ4n) is 6.21. The van der Waals surface area contributed by atoms with Crippen LogP contribution in [0.4, 0.5) is 4.39 Å². The number of ketones is 1. The molecule has 0 radical (unpaired) electrons. The molecule has 0 heterocycles. The maximum atomic E-state index is 15.0. The van der Waals surface area contributed by atoms with Crippen molar-refractivity contribution in [2.75, 3.05) is 0 Å². The molecule has 4 aliphatic rings. The third kappa shape index (κ3) is 1.92. The highest BCUT2D eigenvalue weighted by Gasteiger charge is 2.59. The Labute approximate surface area is 137 Å². The molecule has 1 N–H and O–H groups in total. The SMILES string of the molecule is C[C@@H]1C[C@H]2[C@@H]3C[C@H](F)C4=CC(=O)CC[C@]4(C)C3=CC[C@]2(C)[C@H]1O. The highest BCUT2D eigenvalue weighted by atomic mass is 19.1. The highest BCUT2D eigenvalue weighted by molar-refractivity contribution is 5.92. The van der Waals surface area contributed by atoms with Gasteiger partial charge in [-0.2, -0.15) is 0 Å². The zero-order valence-electron chi connectivity index (χ0n) is 14.3. The lowest BCUT2D eigenvalue weighted by Crippen LogP contribution is -2.48. The number of aliphatic hydroxyl groups excluding tert-OH is 1. The molecule has 4 aliphatic carbocycles. The molecule has 2 nitrogen and oxygen atoms in total. The molecule has 0 aromatic rings. The van der Waals surface area contributed by atoms with E-state index in [2.05, 4.69) is 26.8 Å². The molecule has 3 heteroatoms. The van der Waals surface area contributed by atoms with Gasteiger partial charge in [-0.25, -0.2) is 4.39 Å². The van der Waals surface area contributed by atoms with Crippen LogP contribution in [0.25, 0.3) is 0 Å². The van der Waals surface area contributed by atoms with Crippen molar-refractivity contribution >= 4 is 5.78 Å². The Morgan fingerprint density at radius 2 is 2.00 bits per heavy atom. The Morgan fingerprint density at radius 3 is 2.74 bits per heavy atom. The van der Waals surface area contributed by atoms with Crippen molar-refractivity contribution in [3.63, 3.8) is 0 Å². The summed E-state index contributed by atoms with van der Waals surface area (Å²) < 4.78 is 15.0. The van der Waals surface area contributed by atoms with Gasteiger partial charge in [0, 0.05) is 17.3 Å². The summed E-state index contributed by atoms with van der Waals surface area (Å²) in [6.45, 7) is 6.44. The van der Waals surface area contributed by atoms with Crippen molar-refractivity contribution < 1.29 is 14.3 Å². The molecule has 2 saturated carbocycles. The first-order valence-corrected chi connectivity index (χ1v) is 9.05. The number of hydrogen-bond acceptors (Lipinski definition) is 2. The summed E-state index contributed by atoms with van der Waals surface area (Å²) >= 11 is 0. The van der Waals surface area contributed by atoms with Crippen molar-refractivity contribution in [3.05, 3.63) is 23.3 Å². The van der Waals surface area contributed by atoms with Crippen molar-refractivity contribution in [1.29, 1.82) is 0 Å². The van der Waals surface area contributed by atoms with E-state index < -0.39 is 6.17 Å². The Hall–Kier alpha value is -0.960. The molecule has 0 aromatic heterocycles. The van der Waals surface area contributed by atoms with Crippen molar-refractivity contribution in [3.8, 4) is 0 Å². The first-order valence-electron chi connectivity index (χ1n) is 9.05. The number of allylic oxidation sites excluding steroid dienone is 4. The largest absolute Gasteiger partial charge is 0.392 e. The molecule has 2 fully saturated rings. The standard InChI is InChI=1S/C20H27FO2/c1-11-8-15-13-10-17(21)16-9-12(22)4-6-19(16,2)14(13)5-7-20(15,3)18(11)23/h5,9,11,13,15,17-18,23H,4,6-8,10H2,1-3H3/t11-,13-,15+,17+,18+,19-,20+/m1/s1. The molecule has 0 aromatic carbocycles. The van der Waals surface area contributed by atoms with Crippen LogP contribution in [-0.2, 0) is 4.79 Å². The van der Waals surface area contributed by atoms with E-state index >= 15 is 0 Å². The van der Waals surface area contributed by atoms with Crippen LogP contribution in [0.5, 0.6) is 0 Å². The molecule has 0 aliphatic heterocycles. The van der Waals surface area contributed by atoms with Gasteiger partial charge in [0.1, 0.15) is 6.17 Å². The van der Waals surface area contributed by atoms with E-state index in [0.29, 0.717) is 24.3 Å². The third-order valence-corrected chi connectivity index (χ3v) is 7.59. The fraction of sp³-hybridized carbons (Fsp3) is 0.750. The second-order valence-electron chi connectivity index (χ2n) is 8.84. The Kier molecular flexibility index (Phi) is 3.23. The smallest absolute Gasteiger partial charge is 0.155 e. The molecule has 4 rings (SSSR count). The Bertz CT molecular complexity index is 621. The van der Waals surface area contributed by atoms with E-state index in [1.165, 1.54) is 5.57 Å². The molecule has 126 valence electrons. The molecule has 0 spiro atoms. The Balaban J connectivity index is 1.79. The van der Waals surface area contributed by atoms with Gasteiger partial charge in [0.2, 0.25) is 0 Å². The fourth-order valence-corrected chi connectivity index (χ4v) is 6.21. The minimum atomic E-state index is -1.01. The lowest BCUT2D eigenvalue weighted by atomic mass is 9.51. The molecule has 0 amide bonds. The normalized spacial score (nSPS) is 52.2. The first kappa shape index (κ1) is 15.6. The predicted molar refractivity (Wildman–Crippen MR) is 87.5 cm³/mol. The number of halogens is 1. The van der Waals surface area contributed by atoms with Gasteiger partial charge in [0.05, 0.1) is 6.10 Å². The van der Waals surface area contributed by atoms with Gasteiger partial charge in [-0.05, 0) is 55.1 Å². The molecule has 7 atom stereocenters. The van der Waals surface area contributed by atoms with Gasteiger partial charge in [-0.3, -0.25) is 4.79 Å². The molecule has 0 unspecified atom stereocenters.